The lowest BCUT2D eigenvalue weighted by molar-refractivity contribution is -0.119. The molecule has 3 amide bonds. The molecule has 0 atom stereocenters. The van der Waals surface area contributed by atoms with Crippen molar-refractivity contribution in [2.75, 3.05) is 18.5 Å². The molecule has 0 radical (unpaired) electrons. The molecular formula is C22H22N2O4. The third kappa shape index (κ3) is 3.63. The standard InChI is InChI=1S/C22H22N2O4/c25-20(15-6-1-2-7-15)23-16-8-5-9-17(14-16)28-13-12-24-21(26)18-10-3-4-11-19(18)22(24)27/h3-5,8-11,14-15H,1-2,6-7,12-13H2,(H,23,25). The lowest BCUT2D eigenvalue weighted by Gasteiger charge is -2.15. The summed E-state index contributed by atoms with van der Waals surface area (Å²) >= 11 is 0. The number of benzene rings is 2. The summed E-state index contributed by atoms with van der Waals surface area (Å²) in [5.41, 5.74) is 1.56. The summed E-state index contributed by atoms with van der Waals surface area (Å²) in [6.07, 6.45) is 4.11. The molecule has 0 bridgehead atoms. The van der Waals surface area contributed by atoms with Crippen LogP contribution in [0, 0.1) is 5.92 Å². The minimum absolute atomic E-state index is 0.0562. The SMILES string of the molecule is O=C(Nc1cccc(OCCN2C(=O)c3ccccc3C2=O)c1)C1CCCC1. The second-order valence-electron chi connectivity index (χ2n) is 7.15. The fourth-order valence-corrected chi connectivity index (χ4v) is 3.79. The summed E-state index contributed by atoms with van der Waals surface area (Å²) in [4.78, 5) is 38.2. The van der Waals surface area contributed by atoms with E-state index in [9.17, 15) is 14.4 Å². The van der Waals surface area contributed by atoms with Crippen LogP contribution in [0.1, 0.15) is 46.4 Å². The molecule has 2 aliphatic rings. The predicted molar refractivity (Wildman–Crippen MR) is 104 cm³/mol. The molecule has 1 fully saturated rings. The van der Waals surface area contributed by atoms with Crippen LogP contribution in [0.4, 0.5) is 5.69 Å². The molecule has 1 N–H and O–H groups in total. The first kappa shape index (κ1) is 18.2. The van der Waals surface area contributed by atoms with E-state index < -0.39 is 0 Å². The largest absolute Gasteiger partial charge is 0.492 e. The number of amides is 3. The Bertz CT molecular complexity index is 883. The summed E-state index contributed by atoms with van der Waals surface area (Å²) in [5, 5.41) is 2.94. The smallest absolute Gasteiger partial charge is 0.261 e. The van der Waals surface area contributed by atoms with Crippen LogP contribution in [-0.2, 0) is 4.79 Å². The number of nitrogens with one attached hydrogen (secondary N) is 1. The minimum atomic E-state index is -0.290. The number of fused-ring (bicyclic) bond motifs is 1. The highest BCUT2D eigenvalue weighted by molar-refractivity contribution is 6.21. The van der Waals surface area contributed by atoms with Gasteiger partial charge in [-0.25, -0.2) is 0 Å². The molecule has 2 aromatic carbocycles. The molecule has 6 heteroatoms. The van der Waals surface area contributed by atoms with Crippen LogP contribution in [-0.4, -0.2) is 35.8 Å². The molecule has 1 saturated carbocycles. The molecule has 1 heterocycles. The number of ether oxygens (including phenoxy) is 1. The van der Waals surface area contributed by atoms with Crippen molar-refractivity contribution >= 4 is 23.4 Å². The van der Waals surface area contributed by atoms with Crippen LogP contribution in [0.25, 0.3) is 0 Å². The van der Waals surface area contributed by atoms with Crippen molar-refractivity contribution in [3.8, 4) is 5.75 Å². The summed E-state index contributed by atoms with van der Waals surface area (Å²) in [7, 11) is 0. The number of carbonyl (C=O) groups is 3. The van der Waals surface area contributed by atoms with Gasteiger partial charge in [-0.3, -0.25) is 19.3 Å². The van der Waals surface area contributed by atoms with Crippen LogP contribution in [0.5, 0.6) is 5.75 Å². The van der Waals surface area contributed by atoms with Crippen molar-refractivity contribution in [1.82, 2.24) is 4.90 Å². The Hall–Kier alpha value is -3.15. The molecule has 2 aromatic rings. The molecule has 0 aromatic heterocycles. The Morgan fingerprint density at radius 2 is 1.68 bits per heavy atom. The zero-order valence-electron chi connectivity index (χ0n) is 15.5. The van der Waals surface area contributed by atoms with E-state index in [0.717, 1.165) is 25.7 Å². The van der Waals surface area contributed by atoms with Gasteiger partial charge < -0.3 is 10.1 Å². The lowest BCUT2D eigenvalue weighted by atomic mass is 10.1. The Balaban J connectivity index is 1.33. The second kappa shape index (κ2) is 7.84. The van der Waals surface area contributed by atoms with E-state index in [1.54, 1.807) is 36.4 Å². The van der Waals surface area contributed by atoms with Crippen molar-refractivity contribution < 1.29 is 19.1 Å². The zero-order valence-corrected chi connectivity index (χ0v) is 15.5. The molecule has 0 spiro atoms. The molecular weight excluding hydrogens is 356 g/mol. The van der Waals surface area contributed by atoms with Crippen LogP contribution in [0.15, 0.2) is 48.5 Å². The van der Waals surface area contributed by atoms with Gasteiger partial charge in [0.2, 0.25) is 5.91 Å². The number of nitrogens with zero attached hydrogens (tertiary/aromatic N) is 1. The Morgan fingerprint density at radius 3 is 2.36 bits per heavy atom. The van der Waals surface area contributed by atoms with E-state index >= 15 is 0 Å². The van der Waals surface area contributed by atoms with E-state index in [1.807, 2.05) is 12.1 Å². The van der Waals surface area contributed by atoms with Crippen molar-refractivity contribution in [3.05, 3.63) is 59.7 Å². The average Bonchev–Trinajstić information content (AvgIpc) is 3.32. The fourth-order valence-electron chi connectivity index (χ4n) is 3.79. The van der Waals surface area contributed by atoms with Crippen molar-refractivity contribution in [1.29, 1.82) is 0 Å². The van der Waals surface area contributed by atoms with Gasteiger partial charge in [0.1, 0.15) is 12.4 Å². The van der Waals surface area contributed by atoms with Gasteiger partial charge >= 0.3 is 0 Å². The van der Waals surface area contributed by atoms with E-state index in [4.69, 9.17) is 4.74 Å². The molecule has 6 nitrogen and oxygen atoms in total. The predicted octanol–water partition coefficient (Wildman–Crippen LogP) is 3.49. The van der Waals surface area contributed by atoms with Gasteiger partial charge in [-0.15, -0.1) is 0 Å². The van der Waals surface area contributed by atoms with Gasteiger partial charge in [0.05, 0.1) is 17.7 Å². The van der Waals surface area contributed by atoms with Gasteiger partial charge in [0.15, 0.2) is 0 Å². The van der Waals surface area contributed by atoms with Crippen LogP contribution in [0.2, 0.25) is 0 Å². The molecule has 0 unspecified atom stereocenters. The van der Waals surface area contributed by atoms with Gasteiger partial charge in [-0.1, -0.05) is 31.0 Å². The third-order valence-electron chi connectivity index (χ3n) is 5.29. The minimum Gasteiger partial charge on any atom is -0.492 e. The molecule has 1 aliphatic heterocycles. The number of carbonyl (C=O) groups excluding carboxylic acids is 3. The van der Waals surface area contributed by atoms with Gasteiger partial charge in [-0.05, 0) is 37.1 Å². The Kier molecular flexibility index (Phi) is 5.10. The van der Waals surface area contributed by atoms with Gasteiger partial charge in [0, 0.05) is 17.7 Å². The number of hydrogen-bond donors (Lipinski definition) is 1. The molecule has 28 heavy (non-hydrogen) atoms. The van der Waals surface area contributed by atoms with Crippen LogP contribution in [0.3, 0.4) is 0 Å². The highest BCUT2D eigenvalue weighted by Crippen LogP contribution is 2.27. The van der Waals surface area contributed by atoms with Gasteiger partial charge in [-0.2, -0.15) is 0 Å². The maximum atomic E-state index is 12.4. The topological polar surface area (TPSA) is 75.7 Å². The number of rotatable bonds is 6. The van der Waals surface area contributed by atoms with E-state index in [2.05, 4.69) is 5.32 Å². The monoisotopic (exact) mass is 378 g/mol. The molecule has 4 rings (SSSR count). The third-order valence-corrected chi connectivity index (χ3v) is 5.29. The number of anilines is 1. The molecule has 1 aliphatic carbocycles. The number of hydrogen-bond acceptors (Lipinski definition) is 4. The maximum Gasteiger partial charge on any atom is 0.261 e. The summed E-state index contributed by atoms with van der Waals surface area (Å²) in [5.74, 6) is 0.156. The van der Waals surface area contributed by atoms with E-state index in [-0.39, 0.29) is 36.8 Å². The average molecular weight is 378 g/mol. The first-order valence-electron chi connectivity index (χ1n) is 9.62. The van der Waals surface area contributed by atoms with Crippen molar-refractivity contribution in [3.63, 3.8) is 0 Å². The lowest BCUT2D eigenvalue weighted by Crippen LogP contribution is -2.33. The molecule has 144 valence electrons. The normalized spacial score (nSPS) is 16.4. The first-order valence-corrected chi connectivity index (χ1v) is 9.62. The van der Waals surface area contributed by atoms with Crippen molar-refractivity contribution in [2.24, 2.45) is 5.92 Å². The van der Waals surface area contributed by atoms with Crippen LogP contribution < -0.4 is 10.1 Å². The summed E-state index contributed by atoms with van der Waals surface area (Å²) in [6, 6.07) is 14.0. The fraction of sp³-hybridized carbons (Fsp3) is 0.318. The highest BCUT2D eigenvalue weighted by atomic mass is 16.5. The summed E-state index contributed by atoms with van der Waals surface area (Å²) in [6.45, 7) is 0.358. The first-order chi connectivity index (χ1) is 13.6. The molecule has 0 saturated heterocycles. The van der Waals surface area contributed by atoms with Crippen LogP contribution >= 0.6 is 0 Å². The Labute approximate surface area is 163 Å². The van der Waals surface area contributed by atoms with Gasteiger partial charge in [0.25, 0.3) is 11.8 Å². The zero-order chi connectivity index (χ0) is 19.5. The number of imide groups is 1. The maximum absolute atomic E-state index is 12.4. The Morgan fingerprint density at radius 1 is 1.00 bits per heavy atom. The highest BCUT2D eigenvalue weighted by Gasteiger charge is 2.34. The van der Waals surface area contributed by atoms with E-state index in [0.29, 0.717) is 22.6 Å². The van der Waals surface area contributed by atoms with E-state index in [1.165, 1.54) is 4.90 Å². The second-order valence-corrected chi connectivity index (χ2v) is 7.15. The summed E-state index contributed by atoms with van der Waals surface area (Å²) < 4.78 is 5.71. The van der Waals surface area contributed by atoms with Crippen molar-refractivity contribution in [2.45, 2.75) is 25.7 Å². The quantitative estimate of drug-likeness (QED) is 0.781.